The Hall–Kier alpha value is -1.36. The van der Waals surface area contributed by atoms with Gasteiger partial charge in [0.15, 0.2) is 4.77 Å². The predicted molar refractivity (Wildman–Crippen MR) is 59.3 cm³/mol. The van der Waals surface area contributed by atoms with Crippen molar-refractivity contribution in [2.24, 2.45) is 0 Å². The number of aromatic amines is 1. The second kappa shape index (κ2) is 4.02. The van der Waals surface area contributed by atoms with Crippen molar-refractivity contribution in [1.82, 2.24) is 14.8 Å². The molecule has 4 nitrogen and oxygen atoms in total. The van der Waals surface area contributed by atoms with Crippen LogP contribution in [-0.4, -0.2) is 14.8 Å². The maximum Gasteiger partial charge on any atom is 0.195 e. The van der Waals surface area contributed by atoms with Gasteiger partial charge in [0, 0.05) is 11.5 Å². The first kappa shape index (κ1) is 10.2. The van der Waals surface area contributed by atoms with Crippen LogP contribution in [0.4, 0.5) is 0 Å². The lowest BCUT2D eigenvalue weighted by Crippen LogP contribution is -2.06. The minimum Gasteiger partial charge on any atom is -0.472 e. The number of nitrogens with one attached hydrogen (secondary N) is 1. The fraction of sp³-hybridized carbons (Fsp3) is 0.400. The fourth-order valence-corrected chi connectivity index (χ4v) is 1.69. The molecule has 0 bridgehead atoms. The second-order valence-electron chi connectivity index (χ2n) is 3.76. The van der Waals surface area contributed by atoms with E-state index in [2.05, 4.69) is 24.0 Å². The summed E-state index contributed by atoms with van der Waals surface area (Å²) in [4.78, 5) is 0. The molecule has 2 heterocycles. The zero-order valence-corrected chi connectivity index (χ0v) is 9.54. The zero-order valence-electron chi connectivity index (χ0n) is 8.73. The molecule has 0 aliphatic heterocycles. The Bertz CT molecular complexity index is 481. The highest BCUT2D eigenvalue weighted by atomic mass is 32.1. The Kier molecular flexibility index (Phi) is 2.73. The van der Waals surface area contributed by atoms with E-state index < -0.39 is 0 Å². The van der Waals surface area contributed by atoms with Crippen molar-refractivity contribution < 1.29 is 4.42 Å². The molecule has 0 amide bonds. The molecule has 80 valence electrons. The lowest BCUT2D eigenvalue weighted by atomic mass is 10.2. The molecule has 0 radical (unpaired) electrons. The minimum absolute atomic E-state index is 0.352. The molecule has 2 rings (SSSR count). The summed E-state index contributed by atoms with van der Waals surface area (Å²) in [7, 11) is 0. The molecule has 0 fully saturated rings. The summed E-state index contributed by atoms with van der Waals surface area (Å²) in [6.45, 7) is 4.90. The van der Waals surface area contributed by atoms with E-state index in [0.717, 1.165) is 11.4 Å². The lowest BCUT2D eigenvalue weighted by Gasteiger charge is -2.07. The van der Waals surface area contributed by atoms with Crippen LogP contribution in [0.2, 0.25) is 0 Å². The van der Waals surface area contributed by atoms with E-state index in [1.165, 1.54) is 0 Å². The molecule has 0 aliphatic rings. The van der Waals surface area contributed by atoms with Gasteiger partial charge in [0.1, 0.15) is 5.82 Å². The molecule has 0 spiro atoms. The van der Waals surface area contributed by atoms with Gasteiger partial charge in [0.25, 0.3) is 0 Å². The number of nitrogens with zero attached hydrogens (tertiary/aromatic N) is 2. The minimum atomic E-state index is 0.352. The Morgan fingerprint density at radius 1 is 1.60 bits per heavy atom. The average Bonchev–Trinajstić information content (AvgIpc) is 2.78. The van der Waals surface area contributed by atoms with Crippen molar-refractivity contribution in [1.29, 1.82) is 0 Å². The van der Waals surface area contributed by atoms with Crippen molar-refractivity contribution in [2.75, 3.05) is 0 Å². The second-order valence-corrected chi connectivity index (χ2v) is 4.15. The van der Waals surface area contributed by atoms with Crippen LogP contribution in [0, 0.1) is 4.77 Å². The molecule has 5 heteroatoms. The quantitative estimate of drug-likeness (QED) is 0.814. The van der Waals surface area contributed by atoms with Crippen LogP contribution in [0.1, 0.15) is 31.2 Å². The van der Waals surface area contributed by atoms with E-state index in [4.69, 9.17) is 16.6 Å². The van der Waals surface area contributed by atoms with Gasteiger partial charge in [-0.05, 0) is 18.3 Å². The smallest absolute Gasteiger partial charge is 0.195 e. The van der Waals surface area contributed by atoms with Crippen LogP contribution in [0.3, 0.4) is 0 Å². The summed E-state index contributed by atoms with van der Waals surface area (Å²) in [6.07, 6.45) is 3.38. The van der Waals surface area contributed by atoms with Crippen LogP contribution in [0.5, 0.6) is 0 Å². The van der Waals surface area contributed by atoms with Crippen LogP contribution in [-0.2, 0) is 6.54 Å². The van der Waals surface area contributed by atoms with E-state index >= 15 is 0 Å². The van der Waals surface area contributed by atoms with E-state index in [1.54, 1.807) is 12.5 Å². The van der Waals surface area contributed by atoms with Crippen LogP contribution >= 0.6 is 12.2 Å². The molecule has 0 saturated heterocycles. The van der Waals surface area contributed by atoms with E-state index in [9.17, 15) is 0 Å². The summed E-state index contributed by atoms with van der Waals surface area (Å²) in [5.41, 5.74) is 1.09. The van der Waals surface area contributed by atoms with Gasteiger partial charge < -0.3 is 4.42 Å². The van der Waals surface area contributed by atoms with E-state index in [0.29, 0.717) is 17.2 Å². The molecule has 0 aliphatic carbocycles. The highest BCUT2D eigenvalue weighted by Crippen LogP contribution is 2.13. The third-order valence-electron chi connectivity index (χ3n) is 2.22. The molecule has 0 unspecified atom stereocenters. The van der Waals surface area contributed by atoms with Gasteiger partial charge in [-0.2, -0.15) is 5.10 Å². The number of rotatable bonds is 3. The van der Waals surface area contributed by atoms with Crippen LogP contribution in [0.15, 0.2) is 23.0 Å². The third kappa shape index (κ3) is 2.02. The first-order chi connectivity index (χ1) is 7.18. The standard InChI is InChI=1S/C10H13N3OS/c1-7(2)9-11-12-10(15)13(9)5-8-3-4-14-6-8/h3-4,6-7H,5H2,1-2H3,(H,12,15). The summed E-state index contributed by atoms with van der Waals surface area (Å²) >= 11 is 5.18. The summed E-state index contributed by atoms with van der Waals surface area (Å²) in [5.74, 6) is 1.33. The first-order valence-electron chi connectivity index (χ1n) is 4.84. The van der Waals surface area contributed by atoms with Gasteiger partial charge in [0.05, 0.1) is 19.1 Å². The van der Waals surface area contributed by atoms with Gasteiger partial charge >= 0.3 is 0 Å². The predicted octanol–water partition coefficient (Wildman–Crippen LogP) is 2.71. The molecule has 15 heavy (non-hydrogen) atoms. The van der Waals surface area contributed by atoms with Gasteiger partial charge in [-0.25, -0.2) is 0 Å². The highest BCUT2D eigenvalue weighted by Gasteiger charge is 2.10. The molecular formula is C10H13N3OS. The van der Waals surface area contributed by atoms with Crippen molar-refractivity contribution in [3.05, 3.63) is 34.8 Å². The Morgan fingerprint density at radius 3 is 3.00 bits per heavy atom. The molecule has 2 aromatic rings. The van der Waals surface area contributed by atoms with Crippen molar-refractivity contribution in [3.8, 4) is 0 Å². The number of aromatic nitrogens is 3. The number of hydrogen-bond acceptors (Lipinski definition) is 3. The largest absolute Gasteiger partial charge is 0.472 e. The van der Waals surface area contributed by atoms with Crippen LogP contribution in [0.25, 0.3) is 0 Å². The van der Waals surface area contributed by atoms with Gasteiger partial charge in [0.2, 0.25) is 0 Å². The normalized spacial score (nSPS) is 11.1. The Balaban J connectivity index is 2.35. The Morgan fingerprint density at radius 2 is 2.40 bits per heavy atom. The summed E-state index contributed by atoms with van der Waals surface area (Å²) in [5, 5.41) is 7.03. The van der Waals surface area contributed by atoms with Gasteiger partial charge in [-0.15, -0.1) is 0 Å². The topological polar surface area (TPSA) is 46.8 Å². The first-order valence-corrected chi connectivity index (χ1v) is 5.25. The van der Waals surface area contributed by atoms with Crippen molar-refractivity contribution in [2.45, 2.75) is 26.3 Å². The number of hydrogen-bond donors (Lipinski definition) is 1. The summed E-state index contributed by atoms with van der Waals surface area (Å²) < 4.78 is 7.67. The van der Waals surface area contributed by atoms with Gasteiger partial charge in [-0.3, -0.25) is 9.67 Å². The maximum absolute atomic E-state index is 5.18. The van der Waals surface area contributed by atoms with Gasteiger partial charge in [-0.1, -0.05) is 13.8 Å². The SMILES string of the molecule is CC(C)c1n[nH]c(=S)n1Cc1ccoc1. The third-order valence-corrected chi connectivity index (χ3v) is 2.54. The summed E-state index contributed by atoms with van der Waals surface area (Å²) in [6, 6.07) is 1.93. The number of furan rings is 1. The monoisotopic (exact) mass is 223 g/mol. The maximum atomic E-state index is 5.18. The molecule has 1 N–H and O–H groups in total. The van der Waals surface area contributed by atoms with Crippen molar-refractivity contribution >= 4 is 12.2 Å². The molecular weight excluding hydrogens is 210 g/mol. The Labute approximate surface area is 92.9 Å². The molecule has 0 saturated carbocycles. The van der Waals surface area contributed by atoms with Crippen LogP contribution < -0.4 is 0 Å². The fourth-order valence-electron chi connectivity index (χ4n) is 1.49. The van der Waals surface area contributed by atoms with Crippen molar-refractivity contribution in [3.63, 3.8) is 0 Å². The molecule has 0 aromatic carbocycles. The highest BCUT2D eigenvalue weighted by molar-refractivity contribution is 7.71. The molecule has 0 atom stereocenters. The zero-order chi connectivity index (χ0) is 10.8. The number of H-pyrrole nitrogens is 1. The van der Waals surface area contributed by atoms with E-state index in [1.807, 2.05) is 10.6 Å². The lowest BCUT2D eigenvalue weighted by molar-refractivity contribution is 0.560. The van der Waals surface area contributed by atoms with E-state index in [-0.39, 0.29) is 0 Å². The average molecular weight is 223 g/mol. The molecule has 2 aromatic heterocycles.